The second-order valence-corrected chi connectivity index (χ2v) is 5.96. The first-order chi connectivity index (χ1) is 10.3. The zero-order chi connectivity index (χ0) is 14.2. The van der Waals surface area contributed by atoms with Gasteiger partial charge in [-0.15, -0.1) is 10.2 Å². The third-order valence-corrected chi connectivity index (χ3v) is 4.48. The highest BCUT2D eigenvalue weighted by Crippen LogP contribution is 2.36. The molecule has 3 heterocycles. The van der Waals surface area contributed by atoms with E-state index in [4.69, 9.17) is 8.94 Å². The molecule has 1 aliphatic heterocycles. The minimum atomic E-state index is 0.196. The molecule has 2 aliphatic rings. The van der Waals surface area contributed by atoms with Crippen LogP contribution >= 0.6 is 0 Å². The first-order valence-corrected chi connectivity index (χ1v) is 7.66. The second-order valence-electron chi connectivity index (χ2n) is 5.96. The summed E-state index contributed by atoms with van der Waals surface area (Å²) in [5.74, 6) is 3.37. The maximum Gasteiger partial charge on any atom is 0.230 e. The van der Waals surface area contributed by atoms with Crippen molar-refractivity contribution in [3.63, 3.8) is 0 Å². The summed E-state index contributed by atoms with van der Waals surface area (Å²) >= 11 is 0. The molecule has 2 fully saturated rings. The lowest BCUT2D eigenvalue weighted by Gasteiger charge is -2.21. The van der Waals surface area contributed by atoms with Crippen LogP contribution in [0.1, 0.15) is 67.6 Å². The summed E-state index contributed by atoms with van der Waals surface area (Å²) in [5.41, 5.74) is 0. The summed E-state index contributed by atoms with van der Waals surface area (Å²) in [7, 11) is 0. The van der Waals surface area contributed by atoms with Gasteiger partial charge >= 0.3 is 0 Å². The maximum absolute atomic E-state index is 5.81. The van der Waals surface area contributed by atoms with Crippen molar-refractivity contribution in [3.8, 4) is 0 Å². The lowest BCUT2D eigenvalue weighted by Crippen LogP contribution is -2.23. The van der Waals surface area contributed by atoms with E-state index in [1.165, 1.54) is 19.3 Å². The number of hydrogen-bond donors (Lipinski definition) is 0. The molecule has 0 aromatic carbocycles. The highest BCUT2D eigenvalue weighted by molar-refractivity contribution is 5.00. The van der Waals surface area contributed by atoms with Gasteiger partial charge in [-0.05, 0) is 32.2 Å². The van der Waals surface area contributed by atoms with Gasteiger partial charge in [0.05, 0.1) is 12.6 Å². The summed E-state index contributed by atoms with van der Waals surface area (Å²) in [4.78, 5) is 6.65. The predicted molar refractivity (Wildman–Crippen MR) is 72.3 cm³/mol. The Morgan fingerprint density at radius 1 is 1.19 bits per heavy atom. The SMILES string of the molecule is Cc1nc(C2CCCN2Cc2nnc(C3CCC3)o2)no1. The van der Waals surface area contributed by atoms with Gasteiger partial charge in [-0.3, -0.25) is 4.90 Å². The van der Waals surface area contributed by atoms with Gasteiger partial charge in [0.25, 0.3) is 0 Å². The molecule has 1 saturated heterocycles. The van der Waals surface area contributed by atoms with Crippen molar-refractivity contribution in [2.24, 2.45) is 0 Å². The molecular formula is C14H19N5O2. The largest absolute Gasteiger partial charge is 0.424 e. The zero-order valence-corrected chi connectivity index (χ0v) is 12.2. The Kier molecular flexibility index (Phi) is 3.21. The van der Waals surface area contributed by atoms with Crippen molar-refractivity contribution in [2.45, 2.75) is 57.5 Å². The van der Waals surface area contributed by atoms with Crippen LogP contribution in [0.25, 0.3) is 0 Å². The van der Waals surface area contributed by atoms with Crippen LogP contribution in [-0.4, -0.2) is 31.8 Å². The lowest BCUT2D eigenvalue weighted by atomic mass is 9.85. The fourth-order valence-corrected chi connectivity index (χ4v) is 3.08. The van der Waals surface area contributed by atoms with E-state index >= 15 is 0 Å². The van der Waals surface area contributed by atoms with Crippen LogP contribution in [0.5, 0.6) is 0 Å². The van der Waals surface area contributed by atoms with Gasteiger partial charge in [-0.25, -0.2) is 0 Å². The molecule has 0 radical (unpaired) electrons. The zero-order valence-electron chi connectivity index (χ0n) is 12.2. The quantitative estimate of drug-likeness (QED) is 0.854. The van der Waals surface area contributed by atoms with Crippen molar-refractivity contribution in [1.82, 2.24) is 25.2 Å². The topological polar surface area (TPSA) is 81.1 Å². The Morgan fingerprint density at radius 3 is 2.81 bits per heavy atom. The Labute approximate surface area is 122 Å². The van der Waals surface area contributed by atoms with Crippen LogP contribution < -0.4 is 0 Å². The average Bonchev–Trinajstić information content (AvgIpc) is 3.09. The number of nitrogens with zero attached hydrogens (tertiary/aromatic N) is 5. The number of aromatic nitrogens is 4. The van der Waals surface area contributed by atoms with E-state index in [1.807, 2.05) is 6.92 Å². The second kappa shape index (κ2) is 5.22. The summed E-state index contributed by atoms with van der Waals surface area (Å²) in [6.45, 7) is 3.48. The van der Waals surface area contributed by atoms with Crippen LogP contribution in [0.4, 0.5) is 0 Å². The molecule has 1 atom stereocenters. The minimum absolute atomic E-state index is 0.196. The molecule has 112 valence electrons. The number of rotatable bonds is 4. The molecule has 21 heavy (non-hydrogen) atoms. The van der Waals surface area contributed by atoms with E-state index in [0.717, 1.165) is 31.1 Å². The van der Waals surface area contributed by atoms with Gasteiger partial charge in [-0.1, -0.05) is 11.6 Å². The fraction of sp³-hybridized carbons (Fsp3) is 0.714. The highest BCUT2D eigenvalue weighted by atomic mass is 16.5. The predicted octanol–water partition coefficient (Wildman–Crippen LogP) is 2.37. The Balaban J connectivity index is 1.46. The number of hydrogen-bond acceptors (Lipinski definition) is 7. The van der Waals surface area contributed by atoms with E-state index in [2.05, 4.69) is 25.2 Å². The van der Waals surface area contributed by atoms with Gasteiger partial charge in [0, 0.05) is 12.8 Å². The monoisotopic (exact) mass is 289 g/mol. The lowest BCUT2D eigenvalue weighted by molar-refractivity contribution is 0.207. The van der Waals surface area contributed by atoms with Gasteiger partial charge in [0.1, 0.15) is 0 Å². The molecule has 1 aliphatic carbocycles. The van der Waals surface area contributed by atoms with Crippen molar-refractivity contribution >= 4 is 0 Å². The average molecular weight is 289 g/mol. The van der Waals surface area contributed by atoms with Crippen molar-refractivity contribution in [1.29, 1.82) is 0 Å². The molecule has 4 rings (SSSR count). The first kappa shape index (κ1) is 12.9. The van der Waals surface area contributed by atoms with Crippen molar-refractivity contribution < 1.29 is 8.94 Å². The van der Waals surface area contributed by atoms with Gasteiger partial charge in [0.2, 0.25) is 17.7 Å². The Hall–Kier alpha value is -1.76. The summed E-state index contributed by atoms with van der Waals surface area (Å²) < 4.78 is 10.9. The van der Waals surface area contributed by atoms with E-state index < -0.39 is 0 Å². The Morgan fingerprint density at radius 2 is 2.10 bits per heavy atom. The normalized spacial score (nSPS) is 23.6. The van der Waals surface area contributed by atoms with Gasteiger partial charge < -0.3 is 8.94 Å². The van der Waals surface area contributed by atoms with Gasteiger partial charge in [-0.2, -0.15) is 4.98 Å². The van der Waals surface area contributed by atoms with E-state index in [1.54, 1.807) is 0 Å². The summed E-state index contributed by atoms with van der Waals surface area (Å²) in [6.07, 6.45) is 5.80. The minimum Gasteiger partial charge on any atom is -0.424 e. The number of aryl methyl sites for hydroxylation is 1. The van der Waals surface area contributed by atoms with Crippen LogP contribution in [0.3, 0.4) is 0 Å². The van der Waals surface area contributed by atoms with Crippen LogP contribution in [0.15, 0.2) is 8.94 Å². The molecule has 7 nitrogen and oxygen atoms in total. The fourth-order valence-electron chi connectivity index (χ4n) is 3.08. The van der Waals surface area contributed by atoms with Crippen molar-refractivity contribution in [3.05, 3.63) is 23.5 Å². The van der Waals surface area contributed by atoms with Crippen LogP contribution in [0.2, 0.25) is 0 Å². The van der Waals surface area contributed by atoms with E-state index in [-0.39, 0.29) is 6.04 Å². The van der Waals surface area contributed by atoms with Crippen molar-refractivity contribution in [2.75, 3.05) is 6.54 Å². The molecular weight excluding hydrogens is 270 g/mol. The summed E-state index contributed by atoms with van der Waals surface area (Å²) in [6, 6.07) is 0.196. The molecule has 2 aromatic heterocycles. The molecule has 0 N–H and O–H groups in total. The maximum atomic E-state index is 5.81. The molecule has 1 unspecified atom stereocenters. The summed E-state index contributed by atoms with van der Waals surface area (Å²) in [5, 5.41) is 12.4. The molecule has 2 aromatic rings. The molecule has 1 saturated carbocycles. The third kappa shape index (κ3) is 2.46. The van der Waals surface area contributed by atoms with Crippen LogP contribution in [0, 0.1) is 6.92 Å². The standard InChI is InChI=1S/C14H19N5O2/c1-9-15-13(18-21-9)11-6-3-7-19(11)8-12-16-17-14(20-12)10-4-2-5-10/h10-11H,2-8H2,1H3. The molecule has 7 heteroatoms. The molecule has 0 amide bonds. The Bertz CT molecular complexity index is 618. The highest BCUT2D eigenvalue weighted by Gasteiger charge is 2.31. The van der Waals surface area contributed by atoms with E-state index in [0.29, 0.717) is 24.2 Å². The number of likely N-dealkylation sites (tertiary alicyclic amines) is 1. The first-order valence-electron chi connectivity index (χ1n) is 7.66. The van der Waals surface area contributed by atoms with Gasteiger partial charge in [0.15, 0.2) is 5.82 Å². The third-order valence-electron chi connectivity index (χ3n) is 4.48. The van der Waals surface area contributed by atoms with Crippen LogP contribution in [-0.2, 0) is 6.54 Å². The van der Waals surface area contributed by atoms with E-state index in [9.17, 15) is 0 Å². The molecule has 0 bridgehead atoms. The smallest absolute Gasteiger partial charge is 0.230 e. The molecule has 0 spiro atoms.